The Bertz CT molecular complexity index is 777. The van der Waals surface area contributed by atoms with Gasteiger partial charge in [0.1, 0.15) is 12.4 Å². The minimum atomic E-state index is 0.601. The quantitative estimate of drug-likeness (QED) is 0.501. The van der Waals surface area contributed by atoms with Crippen LogP contribution < -0.4 is 10.1 Å². The molecular weight excluding hydrogens is 316 g/mol. The number of benzene rings is 2. The predicted molar refractivity (Wildman–Crippen MR) is 101 cm³/mol. The molecule has 0 spiro atoms. The minimum Gasteiger partial charge on any atom is -0.491 e. The van der Waals surface area contributed by atoms with Crippen LogP contribution in [0.4, 0.5) is 0 Å². The van der Waals surface area contributed by atoms with E-state index in [9.17, 15) is 0 Å². The molecule has 122 valence electrons. The van der Waals surface area contributed by atoms with Gasteiger partial charge in [-0.25, -0.2) is 0 Å². The molecule has 0 fully saturated rings. The van der Waals surface area contributed by atoms with Gasteiger partial charge in [-0.3, -0.25) is 4.98 Å². The number of pyridine rings is 1. The third kappa shape index (κ3) is 4.60. The first-order valence-electron chi connectivity index (χ1n) is 7.94. The zero-order valence-electron chi connectivity index (χ0n) is 13.4. The van der Waals surface area contributed by atoms with Gasteiger partial charge in [-0.15, -0.1) is 12.6 Å². The molecule has 0 bridgehead atoms. The van der Waals surface area contributed by atoms with Gasteiger partial charge >= 0.3 is 0 Å². The standard InChI is InChI=1S/C20H20N2OS/c24-20-9-5-4-8-19(20)23-11-10-21-13-16-12-18(15-22-14-16)17-6-2-1-3-7-17/h1-9,12,14-15,21,24H,10-11,13H2. The lowest BCUT2D eigenvalue weighted by Gasteiger charge is -2.10. The molecule has 0 atom stereocenters. The summed E-state index contributed by atoms with van der Waals surface area (Å²) in [5.41, 5.74) is 3.47. The first-order chi connectivity index (χ1) is 11.8. The maximum Gasteiger partial charge on any atom is 0.132 e. The summed E-state index contributed by atoms with van der Waals surface area (Å²) in [6.45, 7) is 2.13. The minimum absolute atomic E-state index is 0.601. The topological polar surface area (TPSA) is 34.1 Å². The van der Waals surface area contributed by atoms with Crippen molar-refractivity contribution in [3.05, 3.63) is 78.6 Å². The van der Waals surface area contributed by atoms with Crippen LogP contribution in [0.3, 0.4) is 0 Å². The lowest BCUT2D eigenvalue weighted by Crippen LogP contribution is -2.20. The molecule has 0 saturated heterocycles. The second kappa shape index (κ2) is 8.52. The number of thiol groups is 1. The molecule has 0 aliphatic heterocycles. The van der Waals surface area contributed by atoms with Gasteiger partial charge in [-0.2, -0.15) is 0 Å². The van der Waals surface area contributed by atoms with E-state index in [1.54, 1.807) is 0 Å². The van der Waals surface area contributed by atoms with Crippen LogP contribution >= 0.6 is 12.6 Å². The molecule has 0 aliphatic carbocycles. The van der Waals surface area contributed by atoms with E-state index in [0.29, 0.717) is 6.61 Å². The summed E-state index contributed by atoms with van der Waals surface area (Å²) >= 11 is 4.37. The van der Waals surface area contributed by atoms with Crippen LogP contribution in [0.2, 0.25) is 0 Å². The number of hydrogen-bond acceptors (Lipinski definition) is 4. The Morgan fingerprint density at radius 1 is 0.917 bits per heavy atom. The number of nitrogens with zero attached hydrogens (tertiary/aromatic N) is 1. The molecule has 1 aromatic heterocycles. The third-order valence-corrected chi connectivity index (χ3v) is 4.00. The Labute approximate surface area is 148 Å². The molecule has 1 heterocycles. The Kier molecular flexibility index (Phi) is 5.88. The van der Waals surface area contributed by atoms with Crippen LogP contribution in [0.25, 0.3) is 11.1 Å². The number of ether oxygens (including phenoxy) is 1. The summed E-state index contributed by atoms with van der Waals surface area (Å²) in [6, 6.07) is 20.2. The number of nitrogens with one attached hydrogen (secondary N) is 1. The van der Waals surface area contributed by atoms with Crippen LogP contribution in [0.15, 0.2) is 78.0 Å². The molecule has 0 radical (unpaired) electrons. The number of aromatic nitrogens is 1. The fourth-order valence-electron chi connectivity index (χ4n) is 2.42. The molecular formula is C20H20N2OS. The van der Waals surface area contributed by atoms with Crippen molar-refractivity contribution in [2.24, 2.45) is 0 Å². The van der Waals surface area contributed by atoms with Crippen molar-refractivity contribution in [2.75, 3.05) is 13.2 Å². The predicted octanol–water partition coefficient (Wildman–Crippen LogP) is 4.21. The molecule has 1 N–H and O–H groups in total. The summed E-state index contributed by atoms with van der Waals surface area (Å²) in [5, 5.41) is 3.38. The van der Waals surface area contributed by atoms with Crippen LogP contribution in [-0.2, 0) is 6.54 Å². The first-order valence-corrected chi connectivity index (χ1v) is 8.38. The summed E-state index contributed by atoms with van der Waals surface area (Å²) in [6.07, 6.45) is 3.79. The van der Waals surface area contributed by atoms with Gasteiger partial charge in [0.05, 0.1) is 0 Å². The number of para-hydroxylation sites is 1. The third-order valence-electron chi connectivity index (χ3n) is 3.63. The first kappa shape index (κ1) is 16.6. The Morgan fingerprint density at radius 2 is 1.71 bits per heavy atom. The molecule has 0 saturated carbocycles. The van der Waals surface area contributed by atoms with Crippen LogP contribution in [0, 0.1) is 0 Å². The maximum atomic E-state index is 5.71. The summed E-state index contributed by atoms with van der Waals surface area (Å²) in [4.78, 5) is 5.20. The largest absolute Gasteiger partial charge is 0.491 e. The number of hydrogen-bond donors (Lipinski definition) is 2. The molecule has 24 heavy (non-hydrogen) atoms. The highest BCUT2D eigenvalue weighted by atomic mass is 32.1. The van der Waals surface area contributed by atoms with Crippen molar-refractivity contribution in [3.8, 4) is 16.9 Å². The molecule has 0 aliphatic rings. The van der Waals surface area contributed by atoms with Crippen LogP contribution in [-0.4, -0.2) is 18.1 Å². The van der Waals surface area contributed by atoms with Gasteiger partial charge in [-0.05, 0) is 29.3 Å². The van der Waals surface area contributed by atoms with E-state index < -0.39 is 0 Å². The highest BCUT2D eigenvalue weighted by molar-refractivity contribution is 7.80. The van der Waals surface area contributed by atoms with Gasteiger partial charge in [0.2, 0.25) is 0 Å². The molecule has 3 rings (SSSR count). The Hall–Kier alpha value is -2.30. The van der Waals surface area contributed by atoms with Crippen molar-refractivity contribution in [2.45, 2.75) is 11.4 Å². The lowest BCUT2D eigenvalue weighted by molar-refractivity contribution is 0.307. The van der Waals surface area contributed by atoms with Gasteiger partial charge in [0.15, 0.2) is 0 Å². The lowest BCUT2D eigenvalue weighted by atomic mass is 10.1. The van der Waals surface area contributed by atoms with E-state index in [1.807, 2.05) is 54.9 Å². The van der Waals surface area contributed by atoms with E-state index in [2.05, 4.69) is 41.1 Å². The van der Waals surface area contributed by atoms with Crippen molar-refractivity contribution >= 4 is 12.6 Å². The average molecular weight is 336 g/mol. The van der Waals surface area contributed by atoms with Crippen molar-refractivity contribution < 1.29 is 4.74 Å². The molecule has 3 aromatic rings. The molecule has 0 amide bonds. The van der Waals surface area contributed by atoms with Crippen LogP contribution in [0.1, 0.15) is 5.56 Å². The Morgan fingerprint density at radius 3 is 2.54 bits per heavy atom. The average Bonchev–Trinajstić information content (AvgIpc) is 2.64. The normalized spacial score (nSPS) is 10.5. The van der Waals surface area contributed by atoms with E-state index in [-0.39, 0.29) is 0 Å². The van der Waals surface area contributed by atoms with Crippen molar-refractivity contribution in [1.82, 2.24) is 10.3 Å². The summed E-state index contributed by atoms with van der Waals surface area (Å²) in [7, 11) is 0. The maximum absolute atomic E-state index is 5.71. The van der Waals surface area contributed by atoms with Crippen molar-refractivity contribution in [3.63, 3.8) is 0 Å². The van der Waals surface area contributed by atoms with Gasteiger partial charge < -0.3 is 10.1 Å². The monoisotopic (exact) mass is 336 g/mol. The van der Waals surface area contributed by atoms with Gasteiger partial charge in [-0.1, -0.05) is 42.5 Å². The highest BCUT2D eigenvalue weighted by Crippen LogP contribution is 2.21. The van der Waals surface area contributed by atoms with Gasteiger partial charge in [0, 0.05) is 35.9 Å². The smallest absolute Gasteiger partial charge is 0.132 e. The zero-order valence-corrected chi connectivity index (χ0v) is 14.2. The van der Waals surface area contributed by atoms with E-state index in [1.165, 1.54) is 5.56 Å². The second-order valence-corrected chi connectivity index (χ2v) is 5.92. The fraction of sp³-hybridized carbons (Fsp3) is 0.150. The Balaban J connectivity index is 1.48. The SMILES string of the molecule is Sc1ccccc1OCCNCc1cncc(-c2ccccc2)c1. The summed E-state index contributed by atoms with van der Waals surface area (Å²) < 4.78 is 5.71. The van der Waals surface area contributed by atoms with E-state index in [0.717, 1.165) is 34.9 Å². The van der Waals surface area contributed by atoms with Crippen LogP contribution in [0.5, 0.6) is 5.75 Å². The molecule has 4 heteroatoms. The van der Waals surface area contributed by atoms with Gasteiger partial charge in [0.25, 0.3) is 0 Å². The molecule has 0 unspecified atom stereocenters. The number of rotatable bonds is 7. The highest BCUT2D eigenvalue weighted by Gasteiger charge is 2.01. The summed E-state index contributed by atoms with van der Waals surface area (Å²) in [5.74, 6) is 0.815. The van der Waals surface area contributed by atoms with Crippen molar-refractivity contribution in [1.29, 1.82) is 0 Å². The zero-order chi connectivity index (χ0) is 16.6. The van der Waals surface area contributed by atoms with E-state index >= 15 is 0 Å². The molecule has 2 aromatic carbocycles. The molecule has 3 nitrogen and oxygen atoms in total. The second-order valence-electron chi connectivity index (χ2n) is 5.44. The van der Waals surface area contributed by atoms with E-state index in [4.69, 9.17) is 4.74 Å². The fourth-order valence-corrected chi connectivity index (χ4v) is 2.64.